The van der Waals surface area contributed by atoms with E-state index in [2.05, 4.69) is 0 Å². The van der Waals surface area contributed by atoms with Gasteiger partial charge in [-0.1, -0.05) is 19.1 Å². The van der Waals surface area contributed by atoms with Gasteiger partial charge in [0.1, 0.15) is 22.8 Å². The summed E-state index contributed by atoms with van der Waals surface area (Å²) in [5, 5.41) is 44.5. The van der Waals surface area contributed by atoms with Gasteiger partial charge in [-0.05, 0) is 13.0 Å². The van der Waals surface area contributed by atoms with Gasteiger partial charge in [-0.3, -0.25) is 14.4 Å². The molecule has 2 aromatic carbocycles. The molecule has 12 heteroatoms. The molecular formula is C28H32ClNO10. The van der Waals surface area contributed by atoms with Gasteiger partial charge in [0.2, 0.25) is 5.78 Å². The number of nitrogens with two attached hydrogens (primary N) is 1. The van der Waals surface area contributed by atoms with Crippen molar-refractivity contribution in [1.29, 1.82) is 0 Å². The number of ether oxygens (including phenoxy) is 3. The van der Waals surface area contributed by atoms with Gasteiger partial charge in [-0.25, -0.2) is 0 Å². The first-order valence-electron chi connectivity index (χ1n) is 12.8. The number of ketones is 3. The smallest absolute Gasteiger partial charge is 0.202 e. The van der Waals surface area contributed by atoms with Crippen LogP contribution in [-0.4, -0.2) is 75.0 Å². The zero-order valence-electron chi connectivity index (χ0n) is 22.2. The normalized spacial score (nSPS) is 29.1. The lowest BCUT2D eigenvalue weighted by molar-refractivity contribution is -0.247. The Morgan fingerprint density at radius 1 is 1.15 bits per heavy atom. The maximum atomic E-state index is 13.7. The van der Waals surface area contributed by atoms with E-state index >= 15 is 0 Å². The Kier molecular flexibility index (Phi) is 8.03. The number of phenolic OH excluding ortho intramolecular Hbond substituents is 2. The van der Waals surface area contributed by atoms with Crippen molar-refractivity contribution in [3.05, 3.63) is 51.6 Å². The Bertz CT molecular complexity index is 1380. The summed E-state index contributed by atoms with van der Waals surface area (Å²) in [5.74, 6) is -3.07. The Labute approximate surface area is 236 Å². The van der Waals surface area contributed by atoms with Crippen molar-refractivity contribution in [3.8, 4) is 17.2 Å². The highest BCUT2D eigenvalue weighted by atomic mass is 35.5. The van der Waals surface area contributed by atoms with E-state index in [1.807, 2.05) is 0 Å². The highest BCUT2D eigenvalue weighted by Gasteiger charge is 2.49. The molecule has 2 aliphatic carbocycles. The molecule has 3 aliphatic rings. The standard InChI is InChI=1S/C28H31NO10.ClH/c1-4-17(30)28(36)9-13-20(16(10-28)39-18-8-14(29)23(31)11(2)38-18)27(35)22-21(25(13)33)24(32)12-6-5-7-15(37-3)19(12)26(22)34;/h5-7,11,14,16,18,23,31,33,35-36H,4,8-10,29H2,1-3H3;1H/t11-,14-,16-,18-,23+,28-;/m0./s1. The summed E-state index contributed by atoms with van der Waals surface area (Å²) in [7, 11) is 1.34. The quantitative estimate of drug-likeness (QED) is 0.278. The predicted octanol–water partition coefficient (Wildman–Crippen LogP) is 1.84. The number of Topliss-reactive ketones (excluding diaryl/α,β-unsaturated/α-hetero) is 1. The molecule has 2 aromatic rings. The minimum atomic E-state index is -1.99. The fourth-order valence-electron chi connectivity index (χ4n) is 5.93. The first-order chi connectivity index (χ1) is 18.4. The average molecular weight is 578 g/mol. The van der Waals surface area contributed by atoms with Crippen molar-refractivity contribution >= 4 is 29.8 Å². The molecule has 6 N–H and O–H groups in total. The number of phenols is 2. The molecule has 1 fully saturated rings. The molecule has 1 aliphatic heterocycles. The highest BCUT2D eigenvalue weighted by molar-refractivity contribution is 6.31. The SMILES string of the molecule is CCC(=O)[C@]1(O)Cc2c(O)c3c(c(O)c2[C@@H](O[C@H]2C[C@H](N)[C@H](O)[C@H](C)O2)C1)C(=O)c1c(OC)cccc1C3=O.Cl. The molecule has 6 atom stereocenters. The van der Waals surface area contributed by atoms with E-state index < -0.39 is 82.6 Å². The van der Waals surface area contributed by atoms with E-state index in [1.165, 1.54) is 25.3 Å². The first-order valence-corrected chi connectivity index (χ1v) is 12.8. The molecule has 1 heterocycles. The summed E-state index contributed by atoms with van der Waals surface area (Å²) in [6, 6.07) is 3.76. The van der Waals surface area contributed by atoms with Crippen molar-refractivity contribution < 1.29 is 49.0 Å². The number of hydrogen-bond donors (Lipinski definition) is 5. The Balaban J connectivity index is 0.00000370. The number of hydrogen-bond acceptors (Lipinski definition) is 11. The first kappa shape index (κ1) is 29.9. The number of methoxy groups -OCH3 is 1. The maximum absolute atomic E-state index is 13.7. The molecule has 0 amide bonds. The van der Waals surface area contributed by atoms with Crippen molar-refractivity contribution in [2.75, 3.05) is 7.11 Å². The second-order valence-corrected chi connectivity index (χ2v) is 10.4. The zero-order valence-corrected chi connectivity index (χ0v) is 23.0. The number of fused-ring (bicyclic) bond motifs is 3. The van der Waals surface area contributed by atoms with Crippen LogP contribution >= 0.6 is 12.4 Å². The number of carbonyl (C=O) groups excluding carboxylic acids is 3. The van der Waals surface area contributed by atoms with Gasteiger partial charge in [0.25, 0.3) is 0 Å². The largest absolute Gasteiger partial charge is 0.507 e. The lowest BCUT2D eigenvalue weighted by Crippen LogP contribution is -2.52. The monoisotopic (exact) mass is 577 g/mol. The van der Waals surface area contributed by atoms with Crippen LogP contribution in [0.25, 0.3) is 0 Å². The van der Waals surface area contributed by atoms with Crippen LogP contribution in [0.15, 0.2) is 18.2 Å². The summed E-state index contributed by atoms with van der Waals surface area (Å²) in [6.45, 7) is 3.19. The van der Waals surface area contributed by atoms with Gasteiger partial charge in [0, 0.05) is 48.4 Å². The van der Waals surface area contributed by atoms with Crippen LogP contribution in [0.3, 0.4) is 0 Å². The molecule has 5 rings (SSSR count). The lowest BCUT2D eigenvalue weighted by Gasteiger charge is -2.42. The minimum Gasteiger partial charge on any atom is -0.507 e. The molecule has 40 heavy (non-hydrogen) atoms. The van der Waals surface area contributed by atoms with Crippen molar-refractivity contribution in [2.24, 2.45) is 5.73 Å². The molecular weight excluding hydrogens is 546 g/mol. The highest BCUT2D eigenvalue weighted by Crippen LogP contribution is 2.52. The molecule has 0 spiro atoms. The Hall–Kier alpha value is -3.06. The Morgan fingerprint density at radius 2 is 1.82 bits per heavy atom. The number of halogens is 1. The van der Waals surface area contributed by atoms with Crippen molar-refractivity contribution in [1.82, 2.24) is 0 Å². The van der Waals surface area contributed by atoms with Crippen LogP contribution < -0.4 is 10.5 Å². The molecule has 0 unspecified atom stereocenters. The molecule has 0 aromatic heterocycles. The second kappa shape index (κ2) is 10.7. The van der Waals surface area contributed by atoms with Crippen molar-refractivity contribution in [3.63, 3.8) is 0 Å². The van der Waals surface area contributed by atoms with Crippen LogP contribution in [0.5, 0.6) is 17.2 Å². The summed E-state index contributed by atoms with van der Waals surface area (Å²) in [5.41, 5.74) is 3.03. The molecule has 216 valence electrons. The number of aliphatic hydroxyl groups excluding tert-OH is 1. The van der Waals surface area contributed by atoms with Gasteiger partial charge < -0.3 is 40.4 Å². The second-order valence-electron chi connectivity index (χ2n) is 10.4. The van der Waals surface area contributed by atoms with Gasteiger partial charge in [-0.2, -0.15) is 0 Å². The van der Waals surface area contributed by atoms with Crippen LogP contribution in [0.1, 0.15) is 82.2 Å². The predicted molar refractivity (Wildman–Crippen MR) is 142 cm³/mol. The van der Waals surface area contributed by atoms with Gasteiger partial charge >= 0.3 is 0 Å². The van der Waals surface area contributed by atoms with E-state index in [1.54, 1.807) is 13.8 Å². The molecule has 0 saturated carbocycles. The van der Waals surface area contributed by atoms with E-state index in [-0.39, 0.29) is 59.7 Å². The van der Waals surface area contributed by atoms with Gasteiger partial charge in [0.15, 0.2) is 17.9 Å². The fraction of sp³-hybridized carbons (Fsp3) is 0.464. The number of aromatic hydroxyl groups is 2. The van der Waals surface area contributed by atoms with E-state index in [0.29, 0.717) is 0 Å². The summed E-state index contributed by atoms with van der Waals surface area (Å²) in [6.07, 6.45) is -4.53. The van der Waals surface area contributed by atoms with Crippen LogP contribution in [0.4, 0.5) is 0 Å². The van der Waals surface area contributed by atoms with Crippen LogP contribution in [0.2, 0.25) is 0 Å². The summed E-state index contributed by atoms with van der Waals surface area (Å²) < 4.78 is 17.1. The number of carbonyl (C=O) groups is 3. The van der Waals surface area contributed by atoms with Gasteiger partial charge in [0.05, 0.1) is 42.1 Å². The van der Waals surface area contributed by atoms with Crippen LogP contribution in [0, 0.1) is 0 Å². The van der Waals surface area contributed by atoms with Crippen LogP contribution in [-0.2, 0) is 20.7 Å². The van der Waals surface area contributed by atoms with Crippen molar-refractivity contribution in [2.45, 2.75) is 75.8 Å². The average Bonchev–Trinajstić information content (AvgIpc) is 2.90. The number of rotatable bonds is 5. The molecule has 11 nitrogen and oxygen atoms in total. The maximum Gasteiger partial charge on any atom is 0.202 e. The fourth-order valence-corrected chi connectivity index (χ4v) is 5.93. The summed E-state index contributed by atoms with van der Waals surface area (Å²) in [4.78, 5) is 40.1. The van der Waals surface area contributed by atoms with Gasteiger partial charge in [-0.15, -0.1) is 12.4 Å². The van der Waals surface area contributed by atoms with E-state index in [0.717, 1.165) is 0 Å². The number of benzene rings is 2. The van der Waals surface area contributed by atoms with E-state index in [4.69, 9.17) is 19.9 Å². The third kappa shape index (κ3) is 4.47. The third-order valence-electron chi connectivity index (χ3n) is 7.98. The summed E-state index contributed by atoms with van der Waals surface area (Å²) >= 11 is 0. The van der Waals surface area contributed by atoms with E-state index in [9.17, 15) is 34.8 Å². The zero-order chi connectivity index (χ0) is 28.4. The number of aliphatic hydroxyl groups is 2. The molecule has 1 saturated heterocycles. The minimum absolute atomic E-state index is 0. The third-order valence-corrected chi connectivity index (χ3v) is 7.98. The molecule has 0 bridgehead atoms. The molecule has 0 radical (unpaired) electrons. The Morgan fingerprint density at radius 3 is 2.45 bits per heavy atom. The topological polar surface area (TPSA) is 186 Å². The lowest BCUT2D eigenvalue weighted by atomic mass is 9.71.